The van der Waals surface area contributed by atoms with E-state index >= 15 is 0 Å². The van der Waals surface area contributed by atoms with Crippen LogP contribution in [0.3, 0.4) is 0 Å². The fraction of sp³-hybridized carbons (Fsp3) is 0.381. The molecule has 1 aliphatic rings. The van der Waals surface area contributed by atoms with Crippen LogP contribution in [0.25, 0.3) is 0 Å². The van der Waals surface area contributed by atoms with Crippen molar-refractivity contribution in [3.05, 3.63) is 53.1 Å². The van der Waals surface area contributed by atoms with Gasteiger partial charge in [0.2, 0.25) is 0 Å². The van der Waals surface area contributed by atoms with Gasteiger partial charge in [0.05, 0.1) is 5.02 Å². The van der Waals surface area contributed by atoms with Crippen LogP contribution in [0.4, 0.5) is 11.4 Å². The van der Waals surface area contributed by atoms with Crippen LogP contribution < -0.4 is 15.0 Å². The fourth-order valence-corrected chi connectivity index (χ4v) is 3.39. The third kappa shape index (κ3) is 5.15. The van der Waals surface area contributed by atoms with E-state index < -0.39 is 0 Å². The summed E-state index contributed by atoms with van der Waals surface area (Å²) in [6.45, 7) is 9.48. The predicted molar refractivity (Wildman–Crippen MR) is 111 cm³/mol. The number of aryl methyl sites for hydroxylation is 1. The van der Waals surface area contributed by atoms with Crippen molar-refractivity contribution in [3.8, 4) is 5.75 Å². The second-order valence-corrected chi connectivity index (χ2v) is 7.10. The van der Waals surface area contributed by atoms with Crippen molar-refractivity contribution in [3.63, 3.8) is 0 Å². The zero-order valence-corrected chi connectivity index (χ0v) is 16.6. The van der Waals surface area contributed by atoms with Gasteiger partial charge in [-0.2, -0.15) is 0 Å². The first-order valence-electron chi connectivity index (χ1n) is 9.32. The Morgan fingerprint density at radius 1 is 1.15 bits per heavy atom. The third-order valence-corrected chi connectivity index (χ3v) is 5.18. The summed E-state index contributed by atoms with van der Waals surface area (Å²) >= 11 is 6.04. The van der Waals surface area contributed by atoms with Gasteiger partial charge < -0.3 is 19.9 Å². The Morgan fingerprint density at radius 3 is 2.56 bits per heavy atom. The van der Waals surface area contributed by atoms with Gasteiger partial charge in [-0.25, -0.2) is 0 Å². The maximum atomic E-state index is 12.2. The average molecular weight is 388 g/mol. The van der Waals surface area contributed by atoms with Crippen LogP contribution >= 0.6 is 11.6 Å². The number of rotatable bonds is 6. The number of hydrogen-bond donors (Lipinski definition) is 1. The van der Waals surface area contributed by atoms with E-state index in [0.29, 0.717) is 10.8 Å². The van der Waals surface area contributed by atoms with Crippen molar-refractivity contribution in [2.45, 2.75) is 13.8 Å². The molecule has 1 aliphatic heterocycles. The van der Waals surface area contributed by atoms with Gasteiger partial charge in [0.1, 0.15) is 5.75 Å². The molecule has 0 aliphatic carbocycles. The summed E-state index contributed by atoms with van der Waals surface area (Å²) in [7, 11) is 0. The maximum Gasteiger partial charge on any atom is 0.262 e. The van der Waals surface area contributed by atoms with Crippen molar-refractivity contribution >= 4 is 28.9 Å². The lowest BCUT2D eigenvalue weighted by Gasteiger charge is -2.35. The van der Waals surface area contributed by atoms with Crippen LogP contribution in [0.1, 0.15) is 12.5 Å². The number of nitrogens with one attached hydrogen (secondary N) is 1. The molecule has 0 radical (unpaired) electrons. The van der Waals surface area contributed by atoms with E-state index in [9.17, 15) is 4.79 Å². The van der Waals surface area contributed by atoms with Gasteiger partial charge in [0.25, 0.3) is 5.91 Å². The molecule has 0 unspecified atom stereocenters. The number of benzene rings is 2. The van der Waals surface area contributed by atoms with E-state index in [1.165, 1.54) is 5.69 Å². The molecule has 1 heterocycles. The van der Waals surface area contributed by atoms with Gasteiger partial charge in [-0.1, -0.05) is 30.7 Å². The van der Waals surface area contributed by atoms with Crippen LogP contribution in [0.2, 0.25) is 5.02 Å². The number of carbonyl (C=O) groups excluding carboxylic acids is 1. The Hall–Kier alpha value is -2.24. The van der Waals surface area contributed by atoms with Gasteiger partial charge in [-0.3, -0.25) is 4.79 Å². The second kappa shape index (κ2) is 9.11. The van der Waals surface area contributed by atoms with Crippen molar-refractivity contribution in [2.75, 3.05) is 49.5 Å². The Kier molecular flexibility index (Phi) is 6.58. The summed E-state index contributed by atoms with van der Waals surface area (Å²) in [5, 5.41) is 3.41. The maximum absolute atomic E-state index is 12.2. The first kappa shape index (κ1) is 19.5. The number of hydrogen-bond acceptors (Lipinski definition) is 4. The summed E-state index contributed by atoms with van der Waals surface area (Å²) in [4.78, 5) is 17.1. The molecule has 0 aromatic heterocycles. The van der Waals surface area contributed by atoms with Crippen LogP contribution in [-0.4, -0.2) is 50.1 Å². The summed E-state index contributed by atoms with van der Waals surface area (Å²) in [6, 6.07) is 13.3. The molecular weight excluding hydrogens is 362 g/mol. The number of amides is 1. The Bertz CT molecular complexity index is 789. The van der Waals surface area contributed by atoms with E-state index in [2.05, 4.69) is 34.2 Å². The van der Waals surface area contributed by atoms with Gasteiger partial charge in [-0.05, 0) is 49.4 Å². The largest absolute Gasteiger partial charge is 0.482 e. The van der Waals surface area contributed by atoms with Crippen LogP contribution in [0.5, 0.6) is 5.75 Å². The lowest BCUT2D eigenvalue weighted by Crippen LogP contribution is -2.46. The van der Waals surface area contributed by atoms with Gasteiger partial charge in [0, 0.05) is 37.6 Å². The molecule has 0 spiro atoms. The quantitative estimate of drug-likeness (QED) is 0.818. The molecule has 6 heteroatoms. The molecule has 1 amide bonds. The summed E-state index contributed by atoms with van der Waals surface area (Å²) in [5.74, 6) is 0.301. The molecule has 0 bridgehead atoms. The molecule has 5 nitrogen and oxygen atoms in total. The molecule has 1 saturated heterocycles. The SMILES string of the molecule is CCN1CCN(c2ccc(NC(=O)COc3ccccc3Cl)c(C)c2)CC1. The van der Waals surface area contributed by atoms with Crippen molar-refractivity contribution in [1.82, 2.24) is 4.90 Å². The standard InChI is InChI=1S/C21H26ClN3O2/c1-3-24-10-12-25(13-11-24)17-8-9-19(16(2)14-17)23-21(26)15-27-20-7-5-4-6-18(20)22/h4-9,14H,3,10-13,15H2,1-2H3,(H,23,26). The molecular formula is C21H26ClN3O2. The molecule has 0 atom stereocenters. The Morgan fingerprint density at radius 2 is 1.89 bits per heavy atom. The highest BCUT2D eigenvalue weighted by Crippen LogP contribution is 2.25. The van der Waals surface area contributed by atoms with Crippen LogP contribution in [0, 0.1) is 6.92 Å². The minimum atomic E-state index is -0.206. The molecule has 27 heavy (non-hydrogen) atoms. The molecule has 2 aromatic rings. The number of para-hydroxylation sites is 1. The van der Waals surface area contributed by atoms with Crippen LogP contribution in [0.15, 0.2) is 42.5 Å². The monoisotopic (exact) mass is 387 g/mol. The van der Waals surface area contributed by atoms with Crippen molar-refractivity contribution in [1.29, 1.82) is 0 Å². The van der Waals surface area contributed by atoms with Crippen molar-refractivity contribution in [2.24, 2.45) is 0 Å². The van der Waals surface area contributed by atoms with E-state index in [0.717, 1.165) is 44.0 Å². The normalized spacial score (nSPS) is 14.9. The van der Waals surface area contributed by atoms with E-state index in [-0.39, 0.29) is 12.5 Å². The third-order valence-electron chi connectivity index (χ3n) is 4.86. The smallest absolute Gasteiger partial charge is 0.262 e. The molecule has 1 N–H and O–H groups in total. The second-order valence-electron chi connectivity index (χ2n) is 6.69. The van der Waals surface area contributed by atoms with Gasteiger partial charge in [0.15, 0.2) is 6.61 Å². The average Bonchev–Trinajstić information content (AvgIpc) is 2.69. The lowest BCUT2D eigenvalue weighted by atomic mass is 10.1. The van der Waals surface area contributed by atoms with Gasteiger partial charge in [-0.15, -0.1) is 0 Å². The number of ether oxygens (including phenoxy) is 1. The van der Waals surface area contributed by atoms with Crippen molar-refractivity contribution < 1.29 is 9.53 Å². The lowest BCUT2D eigenvalue weighted by molar-refractivity contribution is -0.118. The topological polar surface area (TPSA) is 44.8 Å². The van der Waals surface area contributed by atoms with E-state index in [4.69, 9.17) is 16.3 Å². The minimum Gasteiger partial charge on any atom is -0.482 e. The highest BCUT2D eigenvalue weighted by Gasteiger charge is 2.16. The number of nitrogens with zero attached hydrogens (tertiary/aromatic N) is 2. The van der Waals surface area contributed by atoms with E-state index in [1.807, 2.05) is 25.1 Å². The summed E-state index contributed by atoms with van der Waals surface area (Å²) in [5.41, 5.74) is 3.05. The Labute approximate surface area is 165 Å². The highest BCUT2D eigenvalue weighted by molar-refractivity contribution is 6.32. The minimum absolute atomic E-state index is 0.0795. The van der Waals surface area contributed by atoms with Gasteiger partial charge >= 0.3 is 0 Å². The first-order valence-corrected chi connectivity index (χ1v) is 9.69. The number of likely N-dealkylation sites (N-methyl/N-ethyl adjacent to an activating group) is 1. The summed E-state index contributed by atoms with van der Waals surface area (Å²) in [6.07, 6.45) is 0. The van der Waals surface area contributed by atoms with E-state index in [1.54, 1.807) is 12.1 Å². The Balaban J connectivity index is 1.56. The number of piperazine rings is 1. The fourth-order valence-electron chi connectivity index (χ4n) is 3.20. The number of carbonyl (C=O) groups is 1. The predicted octanol–water partition coefficient (Wildman–Crippen LogP) is 3.81. The summed E-state index contributed by atoms with van der Waals surface area (Å²) < 4.78 is 5.49. The molecule has 3 rings (SSSR count). The zero-order valence-electron chi connectivity index (χ0n) is 15.9. The zero-order chi connectivity index (χ0) is 19.2. The molecule has 0 saturated carbocycles. The molecule has 2 aromatic carbocycles. The number of anilines is 2. The number of halogens is 1. The van der Waals surface area contributed by atoms with Crippen LogP contribution in [-0.2, 0) is 4.79 Å². The molecule has 1 fully saturated rings. The highest BCUT2D eigenvalue weighted by atomic mass is 35.5. The first-order chi connectivity index (χ1) is 13.1. The molecule has 144 valence electrons.